The van der Waals surface area contributed by atoms with Gasteiger partial charge < -0.3 is 15.2 Å². The third kappa shape index (κ3) is 3.20. The lowest BCUT2D eigenvalue weighted by Gasteiger charge is -2.61. The molecule has 1 aromatic heterocycles. The van der Waals surface area contributed by atoms with E-state index in [2.05, 4.69) is 15.5 Å². The minimum Gasteiger partial charge on any atom is -0.444 e. The second-order valence-corrected chi connectivity index (χ2v) is 9.08. The van der Waals surface area contributed by atoms with E-state index in [0.717, 1.165) is 12.8 Å². The number of amides is 1. The Kier molecular flexibility index (Phi) is 3.86. The van der Waals surface area contributed by atoms with E-state index in [1.54, 1.807) is 12.1 Å². The van der Waals surface area contributed by atoms with Gasteiger partial charge in [0, 0.05) is 11.4 Å². The number of alkyl carbamates (subject to hydrolysis) is 1. The quantitative estimate of drug-likeness (QED) is 0.753. The molecule has 0 bridgehead atoms. The maximum atomic E-state index is 12.0. The lowest BCUT2D eigenvalue weighted by molar-refractivity contribution is -0.179. The normalized spacial score (nSPS) is 29.9. The van der Waals surface area contributed by atoms with Crippen LogP contribution in [0.3, 0.4) is 0 Å². The van der Waals surface area contributed by atoms with E-state index in [0.29, 0.717) is 29.3 Å². The molecule has 1 heterocycles. The highest BCUT2D eigenvalue weighted by Gasteiger charge is 2.61. The Morgan fingerprint density at radius 2 is 1.89 bits per heavy atom. The molecule has 7 heteroatoms. The fraction of sp³-hybridized carbons (Fsp3) is 0.550. The number of H-pyrrole nitrogens is 1. The molecule has 1 aromatic carbocycles. The highest BCUT2D eigenvalue weighted by Crippen LogP contribution is 2.64. The van der Waals surface area contributed by atoms with Gasteiger partial charge in [-0.1, -0.05) is 18.2 Å². The molecule has 3 N–H and O–H groups in total. The van der Waals surface area contributed by atoms with Crippen molar-refractivity contribution in [2.45, 2.75) is 63.7 Å². The fourth-order valence-corrected chi connectivity index (χ4v) is 4.68. The largest absolute Gasteiger partial charge is 0.444 e. The molecular weight excluding hydrogens is 346 g/mol. The van der Waals surface area contributed by atoms with Crippen LogP contribution in [0.4, 0.5) is 4.79 Å². The highest BCUT2D eigenvalue weighted by molar-refractivity contribution is 5.84. The Morgan fingerprint density at radius 3 is 2.52 bits per heavy atom. The molecule has 2 saturated carbocycles. The third-order valence-electron chi connectivity index (χ3n) is 5.55. The van der Waals surface area contributed by atoms with Crippen molar-refractivity contribution in [1.29, 1.82) is 0 Å². The van der Waals surface area contributed by atoms with Crippen molar-refractivity contribution in [3.63, 3.8) is 0 Å². The Balaban J connectivity index is 1.42. The number of carbonyl (C=O) groups is 1. The smallest absolute Gasteiger partial charge is 0.407 e. The van der Waals surface area contributed by atoms with Crippen LogP contribution in [0.5, 0.6) is 0 Å². The summed E-state index contributed by atoms with van der Waals surface area (Å²) >= 11 is 0. The Bertz CT molecular complexity index is 946. The lowest BCUT2D eigenvalue weighted by atomic mass is 9.47. The number of carbonyl (C=O) groups excluding carboxylic acids is 1. The summed E-state index contributed by atoms with van der Waals surface area (Å²) in [6.45, 7) is 5.51. The molecule has 2 aromatic rings. The molecular formula is C20H25N3O4. The molecule has 0 aliphatic heterocycles. The van der Waals surface area contributed by atoms with E-state index in [1.807, 2.05) is 32.9 Å². The van der Waals surface area contributed by atoms with Gasteiger partial charge in [-0.15, -0.1) is 0 Å². The van der Waals surface area contributed by atoms with Crippen LogP contribution in [0.25, 0.3) is 10.8 Å². The number of rotatable bonds is 2. The van der Waals surface area contributed by atoms with Crippen LogP contribution in [-0.2, 0) is 10.3 Å². The van der Waals surface area contributed by atoms with Crippen molar-refractivity contribution < 1.29 is 14.6 Å². The van der Waals surface area contributed by atoms with Crippen LogP contribution < -0.4 is 10.9 Å². The zero-order valence-corrected chi connectivity index (χ0v) is 15.8. The van der Waals surface area contributed by atoms with Crippen LogP contribution in [-0.4, -0.2) is 33.0 Å². The van der Waals surface area contributed by atoms with Crippen LogP contribution in [0.2, 0.25) is 0 Å². The van der Waals surface area contributed by atoms with Crippen molar-refractivity contribution in [1.82, 2.24) is 15.5 Å². The molecule has 4 rings (SSSR count). The highest BCUT2D eigenvalue weighted by atomic mass is 16.6. The summed E-state index contributed by atoms with van der Waals surface area (Å²) in [4.78, 5) is 23.8. The molecule has 2 aliphatic carbocycles. The molecule has 1 spiro atoms. The first-order valence-corrected chi connectivity index (χ1v) is 9.29. The number of nitrogens with one attached hydrogen (secondary N) is 2. The van der Waals surface area contributed by atoms with Gasteiger partial charge in [-0.05, 0) is 57.9 Å². The second-order valence-electron chi connectivity index (χ2n) is 9.08. The topological polar surface area (TPSA) is 104 Å². The van der Waals surface area contributed by atoms with Crippen LogP contribution in [0, 0.1) is 5.41 Å². The van der Waals surface area contributed by atoms with Crippen molar-refractivity contribution in [2.75, 3.05) is 0 Å². The van der Waals surface area contributed by atoms with E-state index in [9.17, 15) is 14.7 Å². The zero-order valence-electron chi connectivity index (χ0n) is 15.8. The second kappa shape index (κ2) is 5.79. The summed E-state index contributed by atoms with van der Waals surface area (Å²) in [5.41, 5.74) is -1.25. The van der Waals surface area contributed by atoms with Gasteiger partial charge in [0.15, 0.2) is 0 Å². The third-order valence-corrected chi connectivity index (χ3v) is 5.55. The van der Waals surface area contributed by atoms with Gasteiger partial charge in [-0.2, -0.15) is 5.10 Å². The molecule has 0 radical (unpaired) electrons. The van der Waals surface area contributed by atoms with Gasteiger partial charge >= 0.3 is 6.09 Å². The van der Waals surface area contributed by atoms with Crippen LogP contribution in [0.1, 0.15) is 52.1 Å². The van der Waals surface area contributed by atoms with E-state index >= 15 is 0 Å². The van der Waals surface area contributed by atoms with Crippen molar-refractivity contribution in [3.05, 3.63) is 40.3 Å². The first-order chi connectivity index (χ1) is 12.6. The number of aliphatic hydroxyl groups is 1. The van der Waals surface area contributed by atoms with Gasteiger partial charge in [-0.3, -0.25) is 4.79 Å². The maximum absolute atomic E-state index is 12.0. The Hall–Kier alpha value is -2.41. The lowest BCUT2D eigenvalue weighted by Crippen LogP contribution is -2.61. The van der Waals surface area contributed by atoms with E-state index in [1.165, 1.54) is 0 Å². The molecule has 2 aliphatic rings. The Labute approximate surface area is 157 Å². The predicted molar refractivity (Wildman–Crippen MR) is 100 cm³/mol. The summed E-state index contributed by atoms with van der Waals surface area (Å²) in [6.07, 6.45) is 2.39. The number of hydrogen-bond acceptors (Lipinski definition) is 5. The SMILES string of the molecule is CC(C)(C)OC(=O)NC1CC2(C1)CC(O)(c1n[nH]c(=O)c3ccccc13)C2. The molecule has 144 valence electrons. The molecule has 2 fully saturated rings. The molecule has 27 heavy (non-hydrogen) atoms. The molecule has 0 unspecified atom stereocenters. The van der Waals surface area contributed by atoms with Crippen LogP contribution >= 0.6 is 0 Å². The predicted octanol–water partition coefficient (Wildman–Crippen LogP) is 2.58. The molecule has 0 saturated heterocycles. The first-order valence-electron chi connectivity index (χ1n) is 9.29. The summed E-state index contributed by atoms with van der Waals surface area (Å²) in [7, 11) is 0. The number of hydrogen-bond donors (Lipinski definition) is 3. The number of aromatic amines is 1. The average Bonchev–Trinajstić information content (AvgIpc) is 2.50. The summed E-state index contributed by atoms with van der Waals surface area (Å²) in [5.74, 6) is 0. The standard InChI is InChI=1S/C20H25N3O4/c1-18(2,3)27-17(25)21-12-8-19(9-12)10-20(26,11-19)15-13-6-4-5-7-14(13)16(24)23-22-15/h4-7,12,26H,8-11H2,1-3H3,(H,21,25)(H,23,24). The van der Waals surface area contributed by atoms with Crippen molar-refractivity contribution in [2.24, 2.45) is 5.41 Å². The minimum atomic E-state index is -1.04. The number of ether oxygens (including phenoxy) is 1. The monoisotopic (exact) mass is 371 g/mol. The maximum Gasteiger partial charge on any atom is 0.407 e. The summed E-state index contributed by atoms with van der Waals surface area (Å²) in [6, 6.07) is 7.27. The number of nitrogens with zero attached hydrogens (tertiary/aromatic N) is 1. The van der Waals surface area contributed by atoms with E-state index in [-0.39, 0.29) is 17.0 Å². The fourth-order valence-electron chi connectivity index (χ4n) is 4.68. The van der Waals surface area contributed by atoms with E-state index < -0.39 is 17.3 Å². The Morgan fingerprint density at radius 1 is 1.26 bits per heavy atom. The van der Waals surface area contributed by atoms with Gasteiger partial charge in [0.1, 0.15) is 16.9 Å². The van der Waals surface area contributed by atoms with Gasteiger partial charge in [0.2, 0.25) is 0 Å². The zero-order chi connectivity index (χ0) is 19.4. The molecule has 0 atom stereocenters. The van der Waals surface area contributed by atoms with Crippen LogP contribution in [0.15, 0.2) is 29.1 Å². The number of benzene rings is 1. The molecule has 1 amide bonds. The van der Waals surface area contributed by atoms with Crippen molar-refractivity contribution in [3.8, 4) is 0 Å². The summed E-state index contributed by atoms with van der Waals surface area (Å²) in [5, 5.41) is 21.9. The van der Waals surface area contributed by atoms with Gasteiger partial charge in [-0.25, -0.2) is 9.89 Å². The van der Waals surface area contributed by atoms with Gasteiger partial charge in [0.25, 0.3) is 5.56 Å². The van der Waals surface area contributed by atoms with E-state index in [4.69, 9.17) is 4.74 Å². The minimum absolute atomic E-state index is 0.0212. The average molecular weight is 371 g/mol. The summed E-state index contributed by atoms with van der Waals surface area (Å²) < 4.78 is 5.29. The van der Waals surface area contributed by atoms with Crippen molar-refractivity contribution >= 4 is 16.9 Å². The number of aromatic nitrogens is 2. The van der Waals surface area contributed by atoms with Gasteiger partial charge in [0.05, 0.1) is 5.39 Å². The number of fused-ring (bicyclic) bond motifs is 1. The molecule has 7 nitrogen and oxygen atoms in total. The first kappa shape index (κ1) is 18.0.